The van der Waals surface area contributed by atoms with E-state index in [9.17, 15) is 9.18 Å². The molecular formula is C13H19FN2O. The molecule has 1 aromatic rings. The molecule has 3 nitrogen and oxygen atoms in total. The van der Waals surface area contributed by atoms with E-state index in [2.05, 4.69) is 5.32 Å². The van der Waals surface area contributed by atoms with Gasteiger partial charge in [-0.2, -0.15) is 0 Å². The number of carbonyl (C=O) groups is 1. The molecule has 0 radical (unpaired) electrons. The Hall–Kier alpha value is -1.42. The fourth-order valence-electron chi connectivity index (χ4n) is 1.47. The quantitative estimate of drug-likeness (QED) is 0.842. The first-order chi connectivity index (χ1) is 7.91. The van der Waals surface area contributed by atoms with Crippen molar-refractivity contribution in [3.63, 3.8) is 0 Å². The van der Waals surface area contributed by atoms with Crippen LogP contribution in [0.15, 0.2) is 24.3 Å². The van der Waals surface area contributed by atoms with Crippen molar-refractivity contribution in [3.8, 4) is 0 Å². The third-order valence-electron chi connectivity index (χ3n) is 2.73. The molecule has 0 fully saturated rings. The number of halogens is 1. The van der Waals surface area contributed by atoms with Crippen LogP contribution in [-0.4, -0.2) is 11.9 Å². The number of nitrogens with two attached hydrogens (primary N) is 1. The summed E-state index contributed by atoms with van der Waals surface area (Å²) in [6.45, 7) is 5.58. The van der Waals surface area contributed by atoms with Crippen LogP contribution in [0, 0.1) is 11.7 Å². The number of nitrogens with one attached hydrogen (secondary N) is 1. The molecule has 0 aromatic heterocycles. The molecule has 0 spiro atoms. The van der Waals surface area contributed by atoms with Crippen molar-refractivity contribution in [1.29, 1.82) is 0 Å². The van der Waals surface area contributed by atoms with Gasteiger partial charge >= 0.3 is 0 Å². The van der Waals surface area contributed by atoms with E-state index in [1.165, 1.54) is 12.1 Å². The van der Waals surface area contributed by atoms with Gasteiger partial charge in [0.05, 0.1) is 12.1 Å². The molecule has 0 heterocycles. The lowest BCUT2D eigenvalue weighted by molar-refractivity contribution is -0.123. The highest BCUT2D eigenvalue weighted by molar-refractivity contribution is 5.82. The Kier molecular flexibility index (Phi) is 4.63. The predicted molar refractivity (Wildman–Crippen MR) is 65.8 cm³/mol. The highest BCUT2D eigenvalue weighted by atomic mass is 19.1. The fraction of sp³-hybridized carbons (Fsp3) is 0.462. The summed E-state index contributed by atoms with van der Waals surface area (Å²) in [5, 5.41) is 2.77. The van der Waals surface area contributed by atoms with Crippen molar-refractivity contribution in [2.45, 2.75) is 32.9 Å². The minimum atomic E-state index is -0.536. The van der Waals surface area contributed by atoms with Crippen LogP contribution in [-0.2, 0) is 4.79 Å². The Morgan fingerprint density at radius 3 is 2.53 bits per heavy atom. The van der Waals surface area contributed by atoms with E-state index < -0.39 is 6.04 Å². The minimum absolute atomic E-state index is 0.0784. The van der Waals surface area contributed by atoms with Crippen LogP contribution < -0.4 is 11.1 Å². The Labute approximate surface area is 101 Å². The number of rotatable bonds is 4. The van der Waals surface area contributed by atoms with Crippen molar-refractivity contribution < 1.29 is 9.18 Å². The Morgan fingerprint density at radius 2 is 2.00 bits per heavy atom. The summed E-state index contributed by atoms with van der Waals surface area (Å²) >= 11 is 0. The number of hydrogen-bond acceptors (Lipinski definition) is 2. The van der Waals surface area contributed by atoms with Crippen molar-refractivity contribution >= 4 is 5.91 Å². The summed E-state index contributed by atoms with van der Waals surface area (Å²) in [6.07, 6.45) is 0. The van der Waals surface area contributed by atoms with Gasteiger partial charge in [0.2, 0.25) is 5.91 Å². The maximum absolute atomic E-state index is 13.0. The monoisotopic (exact) mass is 238 g/mol. The smallest absolute Gasteiger partial charge is 0.237 e. The summed E-state index contributed by atoms with van der Waals surface area (Å²) in [5.41, 5.74) is 6.46. The van der Waals surface area contributed by atoms with Gasteiger partial charge in [-0.1, -0.05) is 26.0 Å². The second-order valence-corrected chi connectivity index (χ2v) is 4.56. The SMILES string of the molecule is CC(NC(=O)[C@@H](N)C(C)C)c1cccc(F)c1. The zero-order chi connectivity index (χ0) is 13.0. The lowest BCUT2D eigenvalue weighted by Gasteiger charge is -2.20. The summed E-state index contributed by atoms with van der Waals surface area (Å²) in [7, 11) is 0. The standard InChI is InChI=1S/C13H19FN2O/c1-8(2)12(15)13(17)16-9(3)10-5-4-6-11(14)7-10/h4-9,12H,15H2,1-3H3,(H,16,17)/t9?,12-/m0/s1. The van der Waals surface area contributed by atoms with Crippen LogP contribution in [0.4, 0.5) is 4.39 Å². The van der Waals surface area contributed by atoms with Crippen molar-refractivity contribution in [3.05, 3.63) is 35.6 Å². The number of hydrogen-bond donors (Lipinski definition) is 2. The van der Waals surface area contributed by atoms with Gasteiger partial charge in [-0.3, -0.25) is 4.79 Å². The molecule has 2 atom stereocenters. The maximum Gasteiger partial charge on any atom is 0.237 e. The molecule has 0 bridgehead atoms. The number of carbonyl (C=O) groups excluding carboxylic acids is 1. The maximum atomic E-state index is 13.0. The first kappa shape index (κ1) is 13.6. The topological polar surface area (TPSA) is 55.1 Å². The fourth-order valence-corrected chi connectivity index (χ4v) is 1.47. The molecule has 3 N–H and O–H groups in total. The molecule has 17 heavy (non-hydrogen) atoms. The molecule has 0 aliphatic rings. The van der Waals surface area contributed by atoms with Gasteiger partial charge in [-0.25, -0.2) is 4.39 Å². The highest BCUT2D eigenvalue weighted by Crippen LogP contribution is 2.13. The van der Waals surface area contributed by atoms with E-state index in [0.29, 0.717) is 0 Å². The van der Waals surface area contributed by atoms with Crippen LogP contribution in [0.25, 0.3) is 0 Å². The molecule has 0 aliphatic heterocycles. The normalized spacial score (nSPS) is 14.5. The molecule has 0 saturated heterocycles. The van der Waals surface area contributed by atoms with Gasteiger partial charge < -0.3 is 11.1 Å². The predicted octanol–water partition coefficient (Wildman–Crippen LogP) is 1.99. The second kappa shape index (κ2) is 5.77. The Balaban J connectivity index is 2.66. The second-order valence-electron chi connectivity index (χ2n) is 4.56. The van der Waals surface area contributed by atoms with Crippen LogP contribution in [0.1, 0.15) is 32.4 Å². The average molecular weight is 238 g/mol. The van der Waals surface area contributed by atoms with Gasteiger partial charge in [-0.15, -0.1) is 0 Å². The Bertz CT molecular complexity index is 393. The number of benzene rings is 1. The van der Waals surface area contributed by atoms with Crippen LogP contribution in [0.3, 0.4) is 0 Å². The molecule has 0 saturated carbocycles. The van der Waals surface area contributed by atoms with Gasteiger partial charge in [-0.05, 0) is 30.5 Å². The van der Waals surface area contributed by atoms with Crippen LogP contribution in [0.5, 0.6) is 0 Å². The van der Waals surface area contributed by atoms with Gasteiger partial charge in [0.1, 0.15) is 5.82 Å². The molecule has 1 amide bonds. The van der Waals surface area contributed by atoms with Gasteiger partial charge in [0, 0.05) is 0 Å². The molecular weight excluding hydrogens is 219 g/mol. The van der Waals surface area contributed by atoms with E-state index in [4.69, 9.17) is 5.73 Å². The summed E-state index contributed by atoms with van der Waals surface area (Å²) in [5.74, 6) is -0.441. The van der Waals surface area contributed by atoms with Crippen LogP contribution >= 0.6 is 0 Å². The van der Waals surface area contributed by atoms with Gasteiger partial charge in [0.25, 0.3) is 0 Å². The van der Waals surface area contributed by atoms with Crippen molar-refractivity contribution in [2.75, 3.05) is 0 Å². The number of amides is 1. The van der Waals surface area contributed by atoms with Crippen molar-refractivity contribution in [2.24, 2.45) is 11.7 Å². The summed E-state index contributed by atoms with van der Waals surface area (Å²) in [6, 6.07) is 5.39. The summed E-state index contributed by atoms with van der Waals surface area (Å²) < 4.78 is 13.0. The van der Waals surface area contributed by atoms with E-state index in [-0.39, 0.29) is 23.7 Å². The van der Waals surface area contributed by atoms with Crippen molar-refractivity contribution in [1.82, 2.24) is 5.32 Å². The summed E-state index contributed by atoms with van der Waals surface area (Å²) in [4.78, 5) is 11.7. The largest absolute Gasteiger partial charge is 0.348 e. The third kappa shape index (κ3) is 3.82. The van der Waals surface area contributed by atoms with E-state index in [0.717, 1.165) is 5.56 Å². The lowest BCUT2D eigenvalue weighted by atomic mass is 10.0. The third-order valence-corrected chi connectivity index (χ3v) is 2.73. The zero-order valence-electron chi connectivity index (χ0n) is 10.4. The Morgan fingerprint density at radius 1 is 1.35 bits per heavy atom. The van der Waals surface area contributed by atoms with Gasteiger partial charge in [0.15, 0.2) is 0 Å². The first-order valence-corrected chi connectivity index (χ1v) is 5.73. The molecule has 1 unspecified atom stereocenters. The zero-order valence-corrected chi connectivity index (χ0v) is 10.4. The molecule has 4 heteroatoms. The molecule has 94 valence electrons. The molecule has 1 aromatic carbocycles. The van der Waals surface area contributed by atoms with Crippen LogP contribution in [0.2, 0.25) is 0 Å². The lowest BCUT2D eigenvalue weighted by Crippen LogP contribution is -2.44. The van der Waals surface area contributed by atoms with E-state index in [1.54, 1.807) is 19.1 Å². The highest BCUT2D eigenvalue weighted by Gasteiger charge is 2.19. The molecule has 0 aliphatic carbocycles. The van der Waals surface area contributed by atoms with E-state index in [1.807, 2.05) is 13.8 Å². The van der Waals surface area contributed by atoms with E-state index >= 15 is 0 Å². The average Bonchev–Trinajstić information content (AvgIpc) is 2.27. The minimum Gasteiger partial charge on any atom is -0.348 e. The molecule has 1 rings (SSSR count). The first-order valence-electron chi connectivity index (χ1n) is 5.73.